The molecule has 0 fully saturated rings. The summed E-state index contributed by atoms with van der Waals surface area (Å²) in [5, 5.41) is 2.61. The standard InChI is InChI=1S/C19H20Cl2FNO3S/c1-13(15-10-18(22)17(21)11-16(15)20)23-19(24)12-27(25,26)9-5-8-14-6-3-2-4-7-14/h2-4,6-7,10-11,13H,5,8-9,12H2,1H3,(H,23,24). The quantitative estimate of drug-likeness (QED) is 0.631. The SMILES string of the molecule is CC(NC(=O)CS(=O)(=O)CCCc1ccccc1)c1cc(F)c(Cl)cc1Cl. The van der Waals surface area contributed by atoms with Crippen LogP contribution < -0.4 is 5.32 Å². The van der Waals surface area contributed by atoms with Gasteiger partial charge in [0.2, 0.25) is 5.91 Å². The zero-order valence-electron chi connectivity index (χ0n) is 14.7. The Bertz CT molecular complexity index is 905. The van der Waals surface area contributed by atoms with Crippen molar-refractivity contribution in [1.29, 1.82) is 0 Å². The van der Waals surface area contributed by atoms with Crippen molar-refractivity contribution >= 4 is 38.9 Å². The van der Waals surface area contributed by atoms with Gasteiger partial charge in [0.1, 0.15) is 11.6 Å². The van der Waals surface area contributed by atoms with Crippen LogP contribution in [-0.4, -0.2) is 25.8 Å². The summed E-state index contributed by atoms with van der Waals surface area (Å²) in [7, 11) is -3.54. The molecule has 0 aliphatic carbocycles. The van der Waals surface area contributed by atoms with Crippen molar-refractivity contribution in [3.8, 4) is 0 Å². The Morgan fingerprint density at radius 1 is 1.15 bits per heavy atom. The van der Waals surface area contributed by atoms with Gasteiger partial charge in [0, 0.05) is 5.02 Å². The third-order valence-electron chi connectivity index (χ3n) is 4.00. The molecule has 0 radical (unpaired) electrons. The number of hydrogen-bond donors (Lipinski definition) is 1. The summed E-state index contributed by atoms with van der Waals surface area (Å²) in [4.78, 5) is 12.1. The highest BCUT2D eigenvalue weighted by Crippen LogP contribution is 2.28. The topological polar surface area (TPSA) is 63.2 Å². The molecule has 4 nitrogen and oxygen atoms in total. The van der Waals surface area contributed by atoms with Gasteiger partial charge in [-0.1, -0.05) is 53.5 Å². The van der Waals surface area contributed by atoms with Gasteiger partial charge in [-0.25, -0.2) is 12.8 Å². The molecule has 0 saturated carbocycles. The summed E-state index contributed by atoms with van der Waals surface area (Å²) in [6.45, 7) is 1.59. The van der Waals surface area contributed by atoms with E-state index in [1.54, 1.807) is 6.92 Å². The minimum atomic E-state index is -3.54. The summed E-state index contributed by atoms with van der Waals surface area (Å²) in [6.07, 6.45) is 1.06. The molecule has 8 heteroatoms. The maximum atomic E-state index is 13.6. The van der Waals surface area contributed by atoms with Crippen LogP contribution in [0.15, 0.2) is 42.5 Å². The fourth-order valence-electron chi connectivity index (χ4n) is 2.64. The molecule has 1 N–H and O–H groups in total. The lowest BCUT2D eigenvalue weighted by Crippen LogP contribution is -2.33. The first kappa shape index (κ1) is 21.7. The maximum Gasteiger partial charge on any atom is 0.235 e. The average Bonchev–Trinajstić information content (AvgIpc) is 2.58. The van der Waals surface area contributed by atoms with E-state index in [1.807, 2.05) is 30.3 Å². The molecule has 0 aromatic heterocycles. The average molecular weight is 432 g/mol. The highest BCUT2D eigenvalue weighted by atomic mass is 35.5. The first-order valence-corrected chi connectivity index (χ1v) is 10.9. The van der Waals surface area contributed by atoms with Gasteiger partial charge in [-0.3, -0.25) is 4.79 Å². The predicted molar refractivity (Wildman–Crippen MR) is 106 cm³/mol. The molecule has 0 saturated heterocycles. The molecule has 27 heavy (non-hydrogen) atoms. The fraction of sp³-hybridized carbons (Fsp3) is 0.316. The third kappa shape index (κ3) is 6.79. The second-order valence-electron chi connectivity index (χ2n) is 6.26. The van der Waals surface area contributed by atoms with Gasteiger partial charge in [0.15, 0.2) is 9.84 Å². The Morgan fingerprint density at radius 2 is 1.81 bits per heavy atom. The van der Waals surface area contributed by atoms with E-state index < -0.39 is 33.4 Å². The van der Waals surface area contributed by atoms with Crippen molar-refractivity contribution in [2.45, 2.75) is 25.8 Å². The fourth-order valence-corrected chi connectivity index (χ4v) is 4.40. The Labute approximate surface area is 168 Å². The Kier molecular flexibility index (Phi) is 7.65. The summed E-state index contributed by atoms with van der Waals surface area (Å²) in [5.74, 6) is -2.03. The minimum Gasteiger partial charge on any atom is -0.349 e. The minimum absolute atomic E-state index is 0.0833. The molecule has 2 aromatic rings. The molecular formula is C19H20Cl2FNO3S. The second kappa shape index (κ2) is 9.53. The summed E-state index contributed by atoms with van der Waals surface area (Å²) >= 11 is 11.7. The van der Waals surface area contributed by atoms with Crippen molar-refractivity contribution in [2.24, 2.45) is 0 Å². The van der Waals surface area contributed by atoms with Crippen molar-refractivity contribution < 1.29 is 17.6 Å². The number of carbonyl (C=O) groups is 1. The maximum absolute atomic E-state index is 13.6. The molecule has 0 spiro atoms. The lowest BCUT2D eigenvalue weighted by atomic mass is 10.1. The number of rotatable bonds is 8. The van der Waals surface area contributed by atoms with Crippen LogP contribution in [0.25, 0.3) is 0 Å². The third-order valence-corrected chi connectivity index (χ3v) is 6.23. The van der Waals surface area contributed by atoms with Gasteiger partial charge in [-0.15, -0.1) is 0 Å². The van der Waals surface area contributed by atoms with E-state index in [0.717, 1.165) is 11.6 Å². The predicted octanol–water partition coefficient (Wildman–Crippen LogP) is 4.36. The van der Waals surface area contributed by atoms with Gasteiger partial charge in [0.05, 0.1) is 16.8 Å². The van der Waals surface area contributed by atoms with Crippen LogP contribution in [0.5, 0.6) is 0 Å². The molecule has 1 atom stereocenters. The Morgan fingerprint density at radius 3 is 2.48 bits per heavy atom. The number of sulfone groups is 1. The van der Waals surface area contributed by atoms with Gasteiger partial charge < -0.3 is 5.32 Å². The number of amides is 1. The number of hydrogen-bond acceptors (Lipinski definition) is 3. The summed E-state index contributed by atoms with van der Waals surface area (Å²) in [6, 6.07) is 11.3. The largest absolute Gasteiger partial charge is 0.349 e. The van der Waals surface area contributed by atoms with Crippen LogP contribution in [0.1, 0.15) is 30.5 Å². The van der Waals surface area contributed by atoms with Crippen molar-refractivity contribution in [3.63, 3.8) is 0 Å². The number of benzene rings is 2. The number of carbonyl (C=O) groups excluding carboxylic acids is 1. The van der Waals surface area contributed by atoms with E-state index >= 15 is 0 Å². The van der Waals surface area contributed by atoms with E-state index in [9.17, 15) is 17.6 Å². The number of nitrogens with one attached hydrogen (secondary N) is 1. The molecule has 0 aliphatic heterocycles. The van der Waals surface area contributed by atoms with E-state index in [2.05, 4.69) is 5.32 Å². The summed E-state index contributed by atoms with van der Waals surface area (Å²) in [5.41, 5.74) is 1.37. The lowest BCUT2D eigenvalue weighted by Gasteiger charge is -2.16. The number of aryl methyl sites for hydroxylation is 1. The Balaban J connectivity index is 1.89. The van der Waals surface area contributed by atoms with Crippen LogP contribution in [0.2, 0.25) is 10.0 Å². The molecule has 0 aliphatic rings. The second-order valence-corrected chi connectivity index (χ2v) is 9.26. The van der Waals surface area contributed by atoms with Gasteiger partial charge in [-0.05, 0) is 43.0 Å². The van der Waals surface area contributed by atoms with Crippen molar-refractivity contribution in [3.05, 3.63) is 69.5 Å². The van der Waals surface area contributed by atoms with Crippen LogP contribution in [0, 0.1) is 5.82 Å². The van der Waals surface area contributed by atoms with E-state index in [-0.39, 0.29) is 15.8 Å². The Hall–Kier alpha value is -1.63. The molecular weight excluding hydrogens is 412 g/mol. The monoisotopic (exact) mass is 431 g/mol. The molecule has 1 amide bonds. The van der Waals surface area contributed by atoms with Crippen LogP contribution in [0.3, 0.4) is 0 Å². The highest BCUT2D eigenvalue weighted by Gasteiger charge is 2.20. The van der Waals surface area contributed by atoms with Crippen LogP contribution >= 0.6 is 23.2 Å². The van der Waals surface area contributed by atoms with Gasteiger partial charge >= 0.3 is 0 Å². The van der Waals surface area contributed by atoms with Crippen LogP contribution in [-0.2, 0) is 21.1 Å². The molecule has 2 aromatic carbocycles. The first-order chi connectivity index (χ1) is 12.7. The van der Waals surface area contributed by atoms with E-state index in [4.69, 9.17) is 23.2 Å². The normalized spacial score (nSPS) is 12.6. The number of halogens is 3. The van der Waals surface area contributed by atoms with Crippen LogP contribution in [0.4, 0.5) is 4.39 Å². The van der Waals surface area contributed by atoms with E-state index in [0.29, 0.717) is 18.4 Å². The van der Waals surface area contributed by atoms with Crippen molar-refractivity contribution in [2.75, 3.05) is 11.5 Å². The first-order valence-electron chi connectivity index (χ1n) is 8.36. The molecule has 0 bridgehead atoms. The van der Waals surface area contributed by atoms with E-state index in [1.165, 1.54) is 6.07 Å². The zero-order valence-corrected chi connectivity index (χ0v) is 17.0. The van der Waals surface area contributed by atoms with Crippen molar-refractivity contribution in [1.82, 2.24) is 5.32 Å². The highest BCUT2D eigenvalue weighted by molar-refractivity contribution is 7.92. The molecule has 1 unspecified atom stereocenters. The van der Waals surface area contributed by atoms with Gasteiger partial charge in [0.25, 0.3) is 0 Å². The molecule has 2 rings (SSSR count). The molecule has 0 heterocycles. The smallest absolute Gasteiger partial charge is 0.235 e. The summed E-state index contributed by atoms with van der Waals surface area (Å²) < 4.78 is 37.9. The zero-order chi connectivity index (χ0) is 20.0. The molecule has 146 valence electrons. The lowest BCUT2D eigenvalue weighted by molar-refractivity contribution is -0.119. The van der Waals surface area contributed by atoms with Gasteiger partial charge in [-0.2, -0.15) is 0 Å².